The minimum atomic E-state index is 0. The third kappa shape index (κ3) is 4.83. The summed E-state index contributed by atoms with van der Waals surface area (Å²) in [6.07, 6.45) is 2.63. The Hall–Kier alpha value is -0.180. The Balaban J connectivity index is 0.00000162. The molecule has 2 aliphatic rings. The fourth-order valence-corrected chi connectivity index (χ4v) is 3.02. The summed E-state index contributed by atoms with van der Waals surface area (Å²) in [6, 6.07) is 0.175. The molecule has 2 heterocycles. The Bertz CT molecular complexity index is 307. The van der Waals surface area contributed by atoms with Gasteiger partial charge in [0.05, 0.1) is 6.54 Å². The molecule has 0 bridgehead atoms. The van der Waals surface area contributed by atoms with E-state index in [1.165, 1.54) is 0 Å². The highest BCUT2D eigenvalue weighted by molar-refractivity contribution is 14.0. The molecule has 5 nitrogen and oxygen atoms in total. The average molecular weight is 384 g/mol. The first-order chi connectivity index (χ1) is 8.25. The van der Waals surface area contributed by atoms with Crippen molar-refractivity contribution >= 4 is 47.6 Å². The minimum absolute atomic E-state index is 0. The molecule has 2 aliphatic heterocycles. The van der Waals surface area contributed by atoms with Crippen molar-refractivity contribution in [2.75, 3.05) is 31.1 Å². The monoisotopic (exact) mass is 384 g/mol. The van der Waals surface area contributed by atoms with Crippen LogP contribution < -0.4 is 11.1 Å². The van der Waals surface area contributed by atoms with Crippen molar-refractivity contribution in [1.29, 1.82) is 0 Å². The Morgan fingerprint density at radius 3 is 2.89 bits per heavy atom. The number of carbonyl (C=O) groups excluding carboxylic acids is 1. The number of rotatable bonds is 2. The summed E-state index contributed by atoms with van der Waals surface area (Å²) in [4.78, 5) is 17.7. The number of carbonyl (C=O) groups is 1. The van der Waals surface area contributed by atoms with Gasteiger partial charge >= 0.3 is 0 Å². The van der Waals surface area contributed by atoms with Gasteiger partial charge in [0.25, 0.3) is 0 Å². The fraction of sp³-hybridized carbons (Fsp3) is 0.818. The molecule has 0 aliphatic carbocycles. The van der Waals surface area contributed by atoms with Crippen LogP contribution in [0.15, 0.2) is 4.99 Å². The van der Waals surface area contributed by atoms with Crippen LogP contribution in [-0.4, -0.2) is 53.9 Å². The fourth-order valence-electron chi connectivity index (χ4n) is 2.11. The highest BCUT2D eigenvalue weighted by Crippen LogP contribution is 2.10. The van der Waals surface area contributed by atoms with Gasteiger partial charge in [-0.15, -0.1) is 24.0 Å². The number of halogens is 1. The lowest BCUT2D eigenvalue weighted by molar-refractivity contribution is -0.123. The van der Waals surface area contributed by atoms with Crippen LogP contribution in [0.5, 0.6) is 0 Å². The van der Waals surface area contributed by atoms with Crippen LogP contribution in [0.2, 0.25) is 0 Å². The van der Waals surface area contributed by atoms with Gasteiger partial charge < -0.3 is 16.0 Å². The summed E-state index contributed by atoms with van der Waals surface area (Å²) in [5.41, 5.74) is 5.95. The van der Waals surface area contributed by atoms with Gasteiger partial charge in [0.2, 0.25) is 5.91 Å². The summed E-state index contributed by atoms with van der Waals surface area (Å²) in [7, 11) is 0. The second-order valence-electron chi connectivity index (χ2n) is 4.45. The zero-order valence-electron chi connectivity index (χ0n) is 10.4. The van der Waals surface area contributed by atoms with Gasteiger partial charge in [0.15, 0.2) is 5.96 Å². The molecule has 3 N–H and O–H groups in total. The van der Waals surface area contributed by atoms with Crippen LogP contribution in [-0.2, 0) is 4.79 Å². The molecular weight excluding hydrogens is 363 g/mol. The van der Waals surface area contributed by atoms with Gasteiger partial charge in [-0.25, -0.2) is 0 Å². The summed E-state index contributed by atoms with van der Waals surface area (Å²) >= 11 is 1.95. The normalized spacial score (nSPS) is 25.3. The number of hydrogen-bond acceptors (Lipinski definition) is 3. The van der Waals surface area contributed by atoms with Crippen molar-refractivity contribution in [2.45, 2.75) is 25.3 Å². The van der Waals surface area contributed by atoms with Crippen molar-refractivity contribution in [3.8, 4) is 0 Å². The van der Waals surface area contributed by atoms with Crippen molar-refractivity contribution < 1.29 is 4.79 Å². The van der Waals surface area contributed by atoms with Gasteiger partial charge in [0, 0.05) is 37.1 Å². The van der Waals surface area contributed by atoms with Crippen molar-refractivity contribution in [3.05, 3.63) is 0 Å². The SMILES string of the molecule is I.NC(=NCC1CCCC(=O)N1)N1CCSCC1. The Labute approximate surface area is 129 Å². The van der Waals surface area contributed by atoms with Crippen LogP contribution in [0.4, 0.5) is 0 Å². The van der Waals surface area contributed by atoms with Gasteiger partial charge in [0.1, 0.15) is 0 Å². The lowest BCUT2D eigenvalue weighted by atomic mass is 10.0. The first-order valence-corrected chi connectivity index (χ1v) is 7.33. The van der Waals surface area contributed by atoms with E-state index in [9.17, 15) is 4.79 Å². The molecule has 0 saturated carbocycles. The number of piperidine rings is 1. The number of nitrogens with two attached hydrogens (primary N) is 1. The van der Waals surface area contributed by atoms with Crippen LogP contribution in [0.25, 0.3) is 0 Å². The van der Waals surface area contributed by atoms with Crippen LogP contribution >= 0.6 is 35.7 Å². The van der Waals surface area contributed by atoms with E-state index in [-0.39, 0.29) is 35.9 Å². The van der Waals surface area contributed by atoms with E-state index in [0.717, 1.165) is 37.4 Å². The number of nitrogens with zero attached hydrogens (tertiary/aromatic N) is 2. The van der Waals surface area contributed by atoms with Gasteiger partial charge in [-0.3, -0.25) is 9.79 Å². The maximum atomic E-state index is 11.2. The molecule has 0 spiro atoms. The standard InChI is InChI=1S/C11H20N4OS.HI/c12-11(15-4-6-17-7-5-15)13-8-9-2-1-3-10(16)14-9;/h9H,1-8H2,(H2,12,13)(H,14,16);1H. The van der Waals surface area contributed by atoms with E-state index < -0.39 is 0 Å². The van der Waals surface area contributed by atoms with Crippen molar-refractivity contribution in [1.82, 2.24) is 10.2 Å². The lowest BCUT2D eigenvalue weighted by Gasteiger charge is -2.28. The maximum Gasteiger partial charge on any atom is 0.220 e. The number of thioether (sulfide) groups is 1. The largest absolute Gasteiger partial charge is 0.370 e. The van der Waals surface area contributed by atoms with Gasteiger partial charge in [-0.05, 0) is 12.8 Å². The highest BCUT2D eigenvalue weighted by Gasteiger charge is 2.18. The summed E-state index contributed by atoms with van der Waals surface area (Å²) in [5.74, 6) is 3.02. The molecule has 0 aromatic carbocycles. The number of nitrogens with one attached hydrogen (secondary N) is 1. The Morgan fingerprint density at radius 2 is 2.22 bits per heavy atom. The molecule has 2 fully saturated rings. The predicted octanol–water partition coefficient (Wildman–Crippen LogP) is 0.637. The number of hydrogen-bond donors (Lipinski definition) is 2. The molecular formula is C11H21IN4OS. The third-order valence-corrected chi connectivity index (χ3v) is 4.07. The third-order valence-electron chi connectivity index (χ3n) is 3.13. The first-order valence-electron chi connectivity index (χ1n) is 6.17. The molecule has 2 rings (SSSR count). The first kappa shape index (κ1) is 15.9. The van der Waals surface area contributed by atoms with E-state index in [2.05, 4.69) is 15.2 Å². The molecule has 2 saturated heterocycles. The topological polar surface area (TPSA) is 70.7 Å². The smallest absolute Gasteiger partial charge is 0.220 e. The highest BCUT2D eigenvalue weighted by atomic mass is 127. The van der Waals surface area contributed by atoms with E-state index in [1.54, 1.807) is 0 Å². The molecule has 0 aromatic heterocycles. The second-order valence-corrected chi connectivity index (χ2v) is 5.68. The van der Waals surface area contributed by atoms with E-state index in [0.29, 0.717) is 18.9 Å². The van der Waals surface area contributed by atoms with E-state index in [4.69, 9.17) is 5.73 Å². The van der Waals surface area contributed by atoms with Crippen molar-refractivity contribution in [3.63, 3.8) is 0 Å². The zero-order valence-corrected chi connectivity index (χ0v) is 13.6. The molecule has 1 atom stereocenters. The van der Waals surface area contributed by atoms with Crippen LogP contribution in [0.3, 0.4) is 0 Å². The van der Waals surface area contributed by atoms with Crippen LogP contribution in [0.1, 0.15) is 19.3 Å². The second kappa shape index (κ2) is 8.08. The minimum Gasteiger partial charge on any atom is -0.370 e. The predicted molar refractivity (Wildman–Crippen MR) is 86.6 cm³/mol. The molecule has 18 heavy (non-hydrogen) atoms. The molecule has 0 radical (unpaired) electrons. The maximum absolute atomic E-state index is 11.2. The summed E-state index contributed by atoms with van der Waals surface area (Å²) in [6.45, 7) is 2.58. The summed E-state index contributed by atoms with van der Waals surface area (Å²) < 4.78 is 0. The average Bonchev–Trinajstić information content (AvgIpc) is 2.37. The molecule has 1 unspecified atom stereocenters. The van der Waals surface area contributed by atoms with Gasteiger partial charge in [-0.1, -0.05) is 0 Å². The van der Waals surface area contributed by atoms with E-state index in [1.807, 2.05) is 11.8 Å². The molecule has 104 valence electrons. The number of guanidine groups is 1. The Morgan fingerprint density at radius 1 is 1.50 bits per heavy atom. The van der Waals surface area contributed by atoms with E-state index >= 15 is 0 Å². The zero-order chi connectivity index (χ0) is 12.1. The number of aliphatic imine (C=N–C) groups is 1. The Kier molecular flexibility index (Phi) is 7.13. The summed E-state index contributed by atoms with van der Waals surface area (Å²) in [5, 5.41) is 2.95. The quantitative estimate of drug-likeness (QED) is 0.417. The number of amides is 1. The molecule has 0 aromatic rings. The molecule has 1 amide bonds. The molecule has 7 heteroatoms. The van der Waals surface area contributed by atoms with Crippen LogP contribution in [0, 0.1) is 0 Å². The van der Waals surface area contributed by atoms with Gasteiger partial charge in [-0.2, -0.15) is 11.8 Å². The lowest BCUT2D eigenvalue weighted by Crippen LogP contribution is -2.44. The van der Waals surface area contributed by atoms with Crippen molar-refractivity contribution in [2.24, 2.45) is 10.7 Å².